The molecule has 6 aromatic rings. The highest BCUT2D eigenvalue weighted by atomic mass is 15.0. The Balaban J connectivity index is 1.96. The molecule has 0 aliphatic heterocycles. The Morgan fingerprint density at radius 2 is 0.978 bits per heavy atom. The largest absolute Gasteiger partial charge is 0.240 e. The van der Waals surface area contributed by atoms with Gasteiger partial charge in [0.05, 0.1) is 5.56 Å². The molecule has 0 saturated carbocycles. The Hall–Kier alpha value is -5.15. The van der Waals surface area contributed by atoms with Gasteiger partial charge in [-0.25, -0.2) is 9.13 Å². The zero-order valence-electron chi connectivity index (χ0n) is 27.5. The standard InChI is InChI=1S/C42H42N3/c1-9-33-19-11-13-21-35(33)41-32(6)27-31(5)40(34-20-12-10-18-28(34)2)45(41)42-38(36-22-14-16-24-43(36)7)29(3)26-30(4)39(42)37-23-15-17-25-44(37)8/h9-27H,1H2,2-8H3/q+3. The monoisotopic (exact) mass is 588 g/mol. The van der Waals surface area contributed by atoms with E-state index in [2.05, 4.69) is 178 Å². The van der Waals surface area contributed by atoms with Crippen LogP contribution in [0.5, 0.6) is 0 Å². The summed E-state index contributed by atoms with van der Waals surface area (Å²) in [5.74, 6) is 0. The summed E-state index contributed by atoms with van der Waals surface area (Å²) in [4.78, 5) is 0. The average molecular weight is 589 g/mol. The molecular formula is C42H42N3+3. The van der Waals surface area contributed by atoms with Crippen LogP contribution in [-0.4, -0.2) is 0 Å². The normalized spacial score (nSPS) is 11.1. The molecule has 3 nitrogen and oxygen atoms in total. The third-order valence-corrected chi connectivity index (χ3v) is 9.00. The first-order chi connectivity index (χ1) is 21.7. The maximum atomic E-state index is 4.23. The Morgan fingerprint density at radius 3 is 1.51 bits per heavy atom. The second kappa shape index (κ2) is 12.1. The third-order valence-electron chi connectivity index (χ3n) is 9.00. The van der Waals surface area contributed by atoms with Gasteiger partial charge in [0.2, 0.25) is 28.5 Å². The molecule has 0 aliphatic carbocycles. The van der Waals surface area contributed by atoms with Crippen LogP contribution in [0.3, 0.4) is 0 Å². The van der Waals surface area contributed by atoms with E-state index in [1.165, 1.54) is 61.6 Å². The zero-order valence-corrected chi connectivity index (χ0v) is 27.5. The van der Waals surface area contributed by atoms with Crippen molar-refractivity contribution in [2.45, 2.75) is 34.6 Å². The van der Waals surface area contributed by atoms with E-state index in [1.807, 2.05) is 6.08 Å². The smallest absolute Gasteiger partial charge is 0.201 e. The van der Waals surface area contributed by atoms with Crippen LogP contribution >= 0.6 is 0 Å². The van der Waals surface area contributed by atoms with E-state index >= 15 is 0 Å². The third kappa shape index (κ3) is 5.19. The SMILES string of the molecule is C=Cc1ccccc1-c1c(C)cc(C)c(-c2ccccc2C)[n+]1-c1c(-c2cccc[n+]2C)c(C)cc(C)c1-c1cccc[n+]1C. The van der Waals surface area contributed by atoms with Crippen molar-refractivity contribution >= 4 is 6.08 Å². The van der Waals surface area contributed by atoms with Gasteiger partial charge in [0.25, 0.3) is 0 Å². The van der Waals surface area contributed by atoms with Crippen molar-refractivity contribution < 1.29 is 13.7 Å². The molecule has 0 aliphatic rings. The topological polar surface area (TPSA) is 11.6 Å². The molecule has 0 spiro atoms. The molecule has 0 N–H and O–H groups in total. The average Bonchev–Trinajstić information content (AvgIpc) is 3.02. The van der Waals surface area contributed by atoms with Crippen LogP contribution in [0, 0.1) is 34.6 Å². The molecule has 45 heavy (non-hydrogen) atoms. The van der Waals surface area contributed by atoms with E-state index in [0.29, 0.717) is 0 Å². The molecular weight excluding hydrogens is 546 g/mol. The Morgan fingerprint density at radius 1 is 0.511 bits per heavy atom. The maximum Gasteiger partial charge on any atom is 0.240 e. The summed E-state index contributed by atoms with van der Waals surface area (Å²) in [7, 11) is 4.28. The summed E-state index contributed by atoms with van der Waals surface area (Å²) in [6.45, 7) is 15.4. The van der Waals surface area contributed by atoms with Gasteiger partial charge >= 0.3 is 0 Å². The van der Waals surface area contributed by atoms with Gasteiger partial charge in [0.1, 0.15) is 25.2 Å². The fourth-order valence-corrected chi connectivity index (χ4v) is 6.95. The minimum absolute atomic E-state index is 1.11. The van der Waals surface area contributed by atoms with Gasteiger partial charge in [-0.15, -0.1) is 0 Å². The van der Waals surface area contributed by atoms with Crippen LogP contribution in [0.15, 0.2) is 116 Å². The Bertz CT molecular complexity index is 2030. The van der Waals surface area contributed by atoms with E-state index in [0.717, 1.165) is 22.5 Å². The van der Waals surface area contributed by atoms with E-state index in [4.69, 9.17) is 0 Å². The minimum atomic E-state index is 1.11. The van der Waals surface area contributed by atoms with Gasteiger partial charge < -0.3 is 0 Å². The molecule has 0 unspecified atom stereocenters. The minimum Gasteiger partial charge on any atom is -0.201 e. The lowest BCUT2D eigenvalue weighted by atomic mass is 9.89. The number of nitrogens with zero attached hydrogens (tertiary/aromatic N) is 3. The molecule has 0 atom stereocenters. The summed E-state index contributed by atoms with van der Waals surface area (Å²) < 4.78 is 7.05. The number of aryl methyl sites for hydroxylation is 7. The van der Waals surface area contributed by atoms with E-state index in [9.17, 15) is 0 Å². The second-order valence-electron chi connectivity index (χ2n) is 12.2. The molecule has 0 fully saturated rings. The predicted octanol–water partition coefficient (Wildman–Crippen LogP) is 8.47. The van der Waals surface area contributed by atoms with Crippen LogP contribution in [-0.2, 0) is 14.1 Å². The molecule has 6 rings (SSSR count). The first-order valence-corrected chi connectivity index (χ1v) is 15.6. The van der Waals surface area contributed by atoms with Gasteiger partial charge in [0, 0.05) is 41.0 Å². The lowest BCUT2D eigenvalue weighted by molar-refractivity contribution is -0.661. The number of aromatic nitrogens is 3. The molecule has 3 aromatic carbocycles. The van der Waals surface area contributed by atoms with Gasteiger partial charge in [0.15, 0.2) is 12.4 Å². The van der Waals surface area contributed by atoms with E-state index < -0.39 is 0 Å². The van der Waals surface area contributed by atoms with Crippen LogP contribution in [0.25, 0.3) is 56.8 Å². The Kier molecular flexibility index (Phi) is 8.03. The number of pyridine rings is 3. The summed E-state index contributed by atoms with van der Waals surface area (Å²) in [6.07, 6.45) is 6.26. The van der Waals surface area contributed by atoms with Gasteiger partial charge in [-0.05, 0) is 87.2 Å². The van der Waals surface area contributed by atoms with Crippen molar-refractivity contribution in [3.8, 4) is 50.7 Å². The van der Waals surface area contributed by atoms with Crippen LogP contribution in [0.4, 0.5) is 0 Å². The van der Waals surface area contributed by atoms with Crippen LogP contribution in [0.2, 0.25) is 0 Å². The highest BCUT2D eigenvalue weighted by Crippen LogP contribution is 2.40. The van der Waals surface area contributed by atoms with Gasteiger partial charge in [-0.2, -0.15) is 4.57 Å². The molecule has 0 radical (unpaired) electrons. The molecule has 3 aromatic heterocycles. The molecule has 3 heterocycles. The lowest BCUT2D eigenvalue weighted by Gasteiger charge is -2.20. The number of benzene rings is 3. The fourth-order valence-electron chi connectivity index (χ4n) is 6.95. The van der Waals surface area contributed by atoms with Crippen molar-refractivity contribution in [2.24, 2.45) is 14.1 Å². The predicted molar refractivity (Wildman–Crippen MR) is 186 cm³/mol. The molecule has 222 valence electrons. The Labute approximate surface area is 268 Å². The van der Waals surface area contributed by atoms with E-state index in [1.54, 1.807) is 0 Å². The van der Waals surface area contributed by atoms with Gasteiger partial charge in [-0.3, -0.25) is 0 Å². The van der Waals surface area contributed by atoms with Crippen molar-refractivity contribution in [2.75, 3.05) is 0 Å². The maximum absolute atomic E-state index is 4.23. The molecule has 0 saturated heterocycles. The fraction of sp³-hybridized carbons (Fsp3) is 0.167. The second-order valence-corrected chi connectivity index (χ2v) is 12.2. The van der Waals surface area contributed by atoms with Crippen molar-refractivity contribution in [3.63, 3.8) is 0 Å². The lowest BCUT2D eigenvalue weighted by Crippen LogP contribution is -2.42. The summed E-state index contributed by atoms with van der Waals surface area (Å²) in [5.41, 5.74) is 17.9. The number of hydrogen-bond acceptors (Lipinski definition) is 0. The molecule has 0 bridgehead atoms. The van der Waals surface area contributed by atoms with Crippen molar-refractivity contribution in [3.05, 3.63) is 149 Å². The first-order valence-electron chi connectivity index (χ1n) is 15.6. The molecule has 0 amide bonds. The number of hydrogen-bond donors (Lipinski definition) is 0. The highest BCUT2D eigenvalue weighted by Gasteiger charge is 2.38. The van der Waals surface area contributed by atoms with Crippen LogP contribution < -0.4 is 13.7 Å². The van der Waals surface area contributed by atoms with Crippen molar-refractivity contribution in [1.29, 1.82) is 0 Å². The summed E-state index contributed by atoms with van der Waals surface area (Å²) >= 11 is 0. The summed E-state index contributed by atoms with van der Waals surface area (Å²) in [6, 6.07) is 35.0. The zero-order chi connectivity index (χ0) is 31.8. The number of rotatable bonds is 6. The van der Waals surface area contributed by atoms with Crippen LogP contribution in [0.1, 0.15) is 33.4 Å². The quantitative estimate of drug-likeness (QED) is 0.173. The van der Waals surface area contributed by atoms with Crippen molar-refractivity contribution in [1.82, 2.24) is 0 Å². The summed E-state index contributed by atoms with van der Waals surface area (Å²) in [5, 5.41) is 0. The molecule has 3 heteroatoms. The first kappa shape index (κ1) is 29.9. The van der Waals surface area contributed by atoms with Gasteiger partial charge in [-0.1, -0.05) is 55.1 Å². The van der Waals surface area contributed by atoms with E-state index in [-0.39, 0.29) is 0 Å². The highest BCUT2D eigenvalue weighted by molar-refractivity contribution is 5.85.